The number of nitrogens with one attached hydrogen (secondary N) is 1. The standard InChI is InChI=1S/C13H26N2O3S/c1-11(2)15-5-6-18-12(10-15)8-14-9-13-4-3-7-19(13,16)17/h11-14H,3-10H2,1-2H3. The second kappa shape index (κ2) is 6.52. The van der Waals surface area contributed by atoms with Crippen molar-refractivity contribution < 1.29 is 13.2 Å². The molecule has 112 valence electrons. The molecule has 0 aromatic rings. The SMILES string of the molecule is CC(C)N1CCOC(CNCC2CCCS2(=O)=O)C1. The molecule has 1 N–H and O–H groups in total. The molecule has 2 saturated heterocycles. The molecule has 2 aliphatic rings. The average Bonchev–Trinajstić information content (AvgIpc) is 2.69. The van der Waals surface area contributed by atoms with Gasteiger partial charge in [-0.3, -0.25) is 4.90 Å². The van der Waals surface area contributed by atoms with Gasteiger partial charge >= 0.3 is 0 Å². The van der Waals surface area contributed by atoms with Crippen LogP contribution in [-0.4, -0.2) is 69.3 Å². The van der Waals surface area contributed by atoms with Crippen LogP contribution in [0, 0.1) is 0 Å². The Kier molecular flexibility index (Phi) is 5.22. The highest BCUT2D eigenvalue weighted by molar-refractivity contribution is 7.92. The van der Waals surface area contributed by atoms with Crippen molar-refractivity contribution in [2.45, 2.75) is 44.1 Å². The van der Waals surface area contributed by atoms with Crippen molar-refractivity contribution in [1.82, 2.24) is 10.2 Å². The lowest BCUT2D eigenvalue weighted by molar-refractivity contribution is -0.0370. The number of nitrogens with zero attached hydrogens (tertiary/aromatic N) is 1. The zero-order valence-electron chi connectivity index (χ0n) is 12.0. The van der Waals surface area contributed by atoms with Gasteiger partial charge < -0.3 is 10.1 Å². The summed E-state index contributed by atoms with van der Waals surface area (Å²) in [6, 6.07) is 0.543. The van der Waals surface area contributed by atoms with Gasteiger partial charge in [-0.25, -0.2) is 8.42 Å². The lowest BCUT2D eigenvalue weighted by Crippen LogP contribution is -2.49. The Morgan fingerprint density at radius 2 is 2.16 bits per heavy atom. The van der Waals surface area contributed by atoms with Crippen molar-refractivity contribution in [2.75, 3.05) is 38.5 Å². The molecule has 0 bridgehead atoms. The van der Waals surface area contributed by atoms with Crippen LogP contribution in [0.2, 0.25) is 0 Å². The minimum atomic E-state index is -2.83. The number of ether oxygens (including phenoxy) is 1. The smallest absolute Gasteiger partial charge is 0.154 e. The van der Waals surface area contributed by atoms with E-state index >= 15 is 0 Å². The lowest BCUT2D eigenvalue weighted by Gasteiger charge is -2.35. The summed E-state index contributed by atoms with van der Waals surface area (Å²) in [6.45, 7) is 8.40. The third-order valence-corrected chi connectivity index (χ3v) is 6.38. The van der Waals surface area contributed by atoms with Crippen LogP contribution < -0.4 is 5.32 Å². The number of rotatable bonds is 5. The van der Waals surface area contributed by atoms with Crippen LogP contribution in [0.4, 0.5) is 0 Å². The first-order valence-electron chi connectivity index (χ1n) is 7.27. The maximum absolute atomic E-state index is 11.7. The van der Waals surface area contributed by atoms with Gasteiger partial charge in [-0.05, 0) is 26.7 Å². The topological polar surface area (TPSA) is 58.6 Å². The molecule has 2 unspecified atom stereocenters. The van der Waals surface area contributed by atoms with Crippen molar-refractivity contribution in [1.29, 1.82) is 0 Å². The molecule has 2 heterocycles. The van der Waals surface area contributed by atoms with E-state index in [0.717, 1.165) is 39.1 Å². The molecule has 2 fully saturated rings. The summed E-state index contributed by atoms with van der Waals surface area (Å²) in [5.74, 6) is 0.362. The van der Waals surface area contributed by atoms with Gasteiger partial charge in [-0.1, -0.05) is 0 Å². The maximum Gasteiger partial charge on any atom is 0.154 e. The molecule has 0 radical (unpaired) electrons. The molecule has 0 amide bonds. The van der Waals surface area contributed by atoms with E-state index in [4.69, 9.17) is 4.74 Å². The predicted octanol–water partition coefficient (Wildman–Crippen LogP) is 0.262. The van der Waals surface area contributed by atoms with Gasteiger partial charge in [0.2, 0.25) is 0 Å². The van der Waals surface area contributed by atoms with Crippen molar-refractivity contribution in [3.63, 3.8) is 0 Å². The Hall–Kier alpha value is -0.170. The second-order valence-electron chi connectivity index (χ2n) is 5.87. The fourth-order valence-electron chi connectivity index (χ4n) is 2.83. The van der Waals surface area contributed by atoms with E-state index in [2.05, 4.69) is 24.1 Å². The minimum absolute atomic E-state index is 0.181. The molecule has 0 spiro atoms. The third kappa shape index (κ3) is 4.15. The summed E-state index contributed by atoms with van der Waals surface area (Å²) in [7, 11) is -2.83. The van der Waals surface area contributed by atoms with Crippen molar-refractivity contribution >= 4 is 9.84 Å². The summed E-state index contributed by atoms with van der Waals surface area (Å²) in [5, 5.41) is 3.10. The van der Waals surface area contributed by atoms with Crippen LogP contribution in [0.3, 0.4) is 0 Å². The number of morpholine rings is 1. The monoisotopic (exact) mass is 290 g/mol. The van der Waals surface area contributed by atoms with Crippen LogP contribution in [-0.2, 0) is 14.6 Å². The largest absolute Gasteiger partial charge is 0.374 e. The Bertz CT molecular complexity index is 383. The summed E-state index contributed by atoms with van der Waals surface area (Å²) in [4.78, 5) is 2.40. The molecule has 0 aromatic heterocycles. The summed E-state index contributed by atoms with van der Waals surface area (Å²) < 4.78 is 29.1. The zero-order valence-corrected chi connectivity index (χ0v) is 12.8. The average molecular weight is 290 g/mol. The van der Waals surface area contributed by atoms with Gasteiger partial charge in [0.1, 0.15) is 0 Å². The van der Waals surface area contributed by atoms with Gasteiger partial charge in [0, 0.05) is 32.2 Å². The quantitative estimate of drug-likeness (QED) is 0.787. The molecular weight excluding hydrogens is 264 g/mol. The molecule has 2 atom stereocenters. The Morgan fingerprint density at radius 1 is 1.37 bits per heavy atom. The first-order chi connectivity index (χ1) is 8.99. The van der Waals surface area contributed by atoms with Gasteiger partial charge in [0.05, 0.1) is 23.7 Å². The van der Waals surface area contributed by atoms with Crippen LogP contribution >= 0.6 is 0 Å². The van der Waals surface area contributed by atoms with Gasteiger partial charge in [-0.15, -0.1) is 0 Å². The maximum atomic E-state index is 11.7. The molecule has 2 aliphatic heterocycles. The molecule has 0 saturated carbocycles. The van der Waals surface area contributed by atoms with Crippen LogP contribution in [0.25, 0.3) is 0 Å². The number of hydrogen-bond donors (Lipinski definition) is 1. The first-order valence-corrected chi connectivity index (χ1v) is 8.98. The number of hydrogen-bond acceptors (Lipinski definition) is 5. The van der Waals surface area contributed by atoms with E-state index in [1.165, 1.54) is 0 Å². The van der Waals surface area contributed by atoms with Gasteiger partial charge in [-0.2, -0.15) is 0 Å². The molecule has 0 aromatic carbocycles. The molecular formula is C13H26N2O3S. The van der Waals surface area contributed by atoms with Crippen molar-refractivity contribution in [2.24, 2.45) is 0 Å². The van der Waals surface area contributed by atoms with Crippen LogP contribution in [0.15, 0.2) is 0 Å². The normalized spacial score (nSPS) is 31.9. The van der Waals surface area contributed by atoms with E-state index in [1.54, 1.807) is 0 Å². The van der Waals surface area contributed by atoms with Crippen LogP contribution in [0.1, 0.15) is 26.7 Å². The summed E-state index contributed by atoms with van der Waals surface area (Å²) >= 11 is 0. The third-order valence-electron chi connectivity index (χ3n) is 4.11. The molecule has 5 nitrogen and oxygen atoms in total. The van der Waals surface area contributed by atoms with Crippen molar-refractivity contribution in [3.8, 4) is 0 Å². The second-order valence-corrected chi connectivity index (χ2v) is 8.27. The predicted molar refractivity (Wildman–Crippen MR) is 76.1 cm³/mol. The Balaban J connectivity index is 1.71. The van der Waals surface area contributed by atoms with Gasteiger partial charge in [0.25, 0.3) is 0 Å². The molecule has 19 heavy (non-hydrogen) atoms. The summed E-state index contributed by atoms with van der Waals surface area (Å²) in [6.07, 6.45) is 1.80. The fraction of sp³-hybridized carbons (Fsp3) is 1.00. The fourth-order valence-corrected chi connectivity index (χ4v) is 4.63. The highest BCUT2D eigenvalue weighted by atomic mass is 32.2. The van der Waals surface area contributed by atoms with E-state index in [-0.39, 0.29) is 11.4 Å². The Labute approximate surface area is 116 Å². The van der Waals surface area contributed by atoms with Crippen LogP contribution in [0.5, 0.6) is 0 Å². The number of sulfone groups is 1. The van der Waals surface area contributed by atoms with Gasteiger partial charge in [0.15, 0.2) is 9.84 Å². The highest BCUT2D eigenvalue weighted by Crippen LogP contribution is 2.19. The molecule has 6 heteroatoms. The minimum Gasteiger partial charge on any atom is -0.374 e. The lowest BCUT2D eigenvalue weighted by atomic mass is 10.2. The highest BCUT2D eigenvalue weighted by Gasteiger charge is 2.31. The Morgan fingerprint density at radius 3 is 2.79 bits per heavy atom. The summed E-state index contributed by atoms with van der Waals surface area (Å²) in [5.41, 5.74) is 0. The van der Waals surface area contributed by atoms with E-state index in [1.807, 2.05) is 0 Å². The van der Waals surface area contributed by atoms with E-state index < -0.39 is 9.84 Å². The van der Waals surface area contributed by atoms with E-state index in [0.29, 0.717) is 18.3 Å². The first kappa shape index (κ1) is 15.2. The molecule has 2 rings (SSSR count). The molecule has 0 aliphatic carbocycles. The van der Waals surface area contributed by atoms with Crippen molar-refractivity contribution in [3.05, 3.63) is 0 Å². The van der Waals surface area contributed by atoms with E-state index in [9.17, 15) is 8.42 Å². The zero-order chi connectivity index (χ0) is 13.9.